The number of aromatic nitrogens is 4. The van der Waals surface area contributed by atoms with Gasteiger partial charge in [0.1, 0.15) is 6.54 Å². The van der Waals surface area contributed by atoms with Crippen molar-refractivity contribution in [3.8, 4) is 0 Å². The lowest BCUT2D eigenvalue weighted by Gasteiger charge is -2.15. The molecular weight excluding hydrogens is 330 g/mol. The lowest BCUT2D eigenvalue weighted by atomic mass is 10.1. The SMILES string of the molecule is Cc1cc([C@H](C)NC(=O)Cn2nc3cccnn3c2=O)ccc1Cl. The molecule has 0 aliphatic rings. The fourth-order valence-electron chi connectivity index (χ4n) is 2.41. The Hall–Kier alpha value is -2.67. The van der Waals surface area contributed by atoms with Crippen LogP contribution in [0.5, 0.6) is 0 Å². The van der Waals surface area contributed by atoms with Crippen LogP contribution in [0.25, 0.3) is 5.65 Å². The fraction of sp³-hybridized carbons (Fsp3) is 0.250. The van der Waals surface area contributed by atoms with E-state index in [1.807, 2.05) is 26.0 Å². The molecule has 1 amide bonds. The number of carbonyl (C=O) groups excluding carboxylic acids is 1. The number of aryl methyl sites for hydroxylation is 1. The summed E-state index contributed by atoms with van der Waals surface area (Å²) in [5.41, 5.74) is 1.83. The summed E-state index contributed by atoms with van der Waals surface area (Å²) in [6, 6.07) is 8.71. The number of nitrogens with one attached hydrogen (secondary N) is 1. The number of hydrogen-bond acceptors (Lipinski definition) is 4. The lowest BCUT2D eigenvalue weighted by molar-refractivity contribution is -0.122. The molecule has 3 aromatic rings. The zero-order valence-electron chi connectivity index (χ0n) is 13.2. The maximum absolute atomic E-state index is 12.2. The normalized spacial score (nSPS) is 12.3. The van der Waals surface area contributed by atoms with Gasteiger partial charge in [-0.2, -0.15) is 9.61 Å². The van der Waals surface area contributed by atoms with E-state index >= 15 is 0 Å². The summed E-state index contributed by atoms with van der Waals surface area (Å²) in [7, 11) is 0. The molecule has 2 heterocycles. The Morgan fingerprint density at radius 1 is 1.38 bits per heavy atom. The molecule has 1 atom stereocenters. The molecule has 0 bridgehead atoms. The summed E-state index contributed by atoms with van der Waals surface area (Å²) in [5, 5.41) is 11.5. The first-order valence-electron chi connectivity index (χ1n) is 7.42. The van der Waals surface area contributed by atoms with Crippen molar-refractivity contribution in [3.63, 3.8) is 0 Å². The quantitative estimate of drug-likeness (QED) is 0.780. The van der Waals surface area contributed by atoms with Gasteiger partial charge in [0, 0.05) is 11.2 Å². The van der Waals surface area contributed by atoms with Crippen molar-refractivity contribution in [1.29, 1.82) is 0 Å². The molecule has 0 aliphatic carbocycles. The summed E-state index contributed by atoms with van der Waals surface area (Å²) in [5.74, 6) is -0.305. The maximum atomic E-state index is 12.2. The minimum absolute atomic E-state index is 0.168. The van der Waals surface area contributed by atoms with Crippen LogP contribution in [0.1, 0.15) is 24.1 Å². The molecule has 1 aromatic carbocycles. The van der Waals surface area contributed by atoms with Crippen molar-refractivity contribution >= 4 is 23.2 Å². The first-order valence-corrected chi connectivity index (χ1v) is 7.80. The second-order valence-corrected chi connectivity index (χ2v) is 5.94. The topological polar surface area (TPSA) is 81.3 Å². The van der Waals surface area contributed by atoms with E-state index in [-0.39, 0.29) is 18.5 Å². The number of rotatable bonds is 4. The minimum atomic E-state index is -0.448. The monoisotopic (exact) mass is 345 g/mol. The molecule has 3 rings (SSSR count). The standard InChI is InChI=1S/C16H16ClN5O2/c1-10-8-12(5-6-13(10)17)11(2)19-15(23)9-21-16(24)22-14(20-21)4-3-7-18-22/h3-8,11H,9H2,1-2H3,(H,19,23)/t11-/m0/s1. The smallest absolute Gasteiger partial charge is 0.348 e. The molecule has 0 radical (unpaired) electrons. The van der Waals surface area contributed by atoms with Crippen molar-refractivity contribution in [1.82, 2.24) is 24.7 Å². The fourth-order valence-corrected chi connectivity index (χ4v) is 2.53. The van der Waals surface area contributed by atoms with Gasteiger partial charge in [-0.15, -0.1) is 5.10 Å². The first kappa shape index (κ1) is 16.2. The number of fused-ring (bicyclic) bond motifs is 1. The minimum Gasteiger partial charge on any atom is -0.348 e. The largest absolute Gasteiger partial charge is 0.367 e. The Kier molecular flexibility index (Phi) is 4.35. The van der Waals surface area contributed by atoms with Crippen molar-refractivity contribution < 1.29 is 4.79 Å². The molecule has 124 valence electrons. The lowest BCUT2D eigenvalue weighted by Crippen LogP contribution is -2.34. The van der Waals surface area contributed by atoms with Crippen molar-refractivity contribution in [2.45, 2.75) is 26.4 Å². The third kappa shape index (κ3) is 3.16. The second kappa shape index (κ2) is 6.45. The van der Waals surface area contributed by atoms with Crippen molar-refractivity contribution in [2.24, 2.45) is 0 Å². The second-order valence-electron chi connectivity index (χ2n) is 5.53. The van der Waals surface area contributed by atoms with Gasteiger partial charge in [-0.3, -0.25) is 4.79 Å². The zero-order valence-corrected chi connectivity index (χ0v) is 14.0. The van der Waals surface area contributed by atoms with Gasteiger partial charge in [-0.05, 0) is 43.2 Å². The average Bonchev–Trinajstić information content (AvgIpc) is 2.86. The highest BCUT2D eigenvalue weighted by Crippen LogP contribution is 2.20. The van der Waals surface area contributed by atoms with Gasteiger partial charge >= 0.3 is 5.69 Å². The zero-order chi connectivity index (χ0) is 17.3. The van der Waals surface area contributed by atoms with Crippen LogP contribution < -0.4 is 11.0 Å². The van der Waals surface area contributed by atoms with Gasteiger partial charge in [0.2, 0.25) is 5.91 Å². The molecule has 0 spiro atoms. The summed E-state index contributed by atoms with van der Waals surface area (Å²) in [4.78, 5) is 24.3. The summed E-state index contributed by atoms with van der Waals surface area (Å²) in [6.45, 7) is 3.61. The highest BCUT2D eigenvalue weighted by Gasteiger charge is 2.14. The number of carbonyl (C=O) groups is 1. The third-order valence-corrected chi connectivity index (χ3v) is 4.13. The summed E-state index contributed by atoms with van der Waals surface area (Å²) in [6.07, 6.45) is 1.49. The van der Waals surface area contributed by atoms with Crippen molar-refractivity contribution in [2.75, 3.05) is 0 Å². The van der Waals surface area contributed by atoms with E-state index in [1.165, 1.54) is 6.20 Å². The molecule has 0 unspecified atom stereocenters. The molecule has 0 saturated carbocycles. The first-order chi connectivity index (χ1) is 11.5. The molecule has 1 N–H and O–H groups in total. The van der Waals surface area contributed by atoms with Crippen LogP contribution in [0.15, 0.2) is 41.3 Å². The van der Waals surface area contributed by atoms with E-state index < -0.39 is 5.69 Å². The van der Waals surface area contributed by atoms with Gasteiger partial charge < -0.3 is 5.32 Å². The van der Waals surface area contributed by atoms with E-state index in [2.05, 4.69) is 15.5 Å². The Labute approximate surface area is 142 Å². The Balaban J connectivity index is 1.73. The highest BCUT2D eigenvalue weighted by atomic mass is 35.5. The van der Waals surface area contributed by atoms with Gasteiger partial charge in [-0.1, -0.05) is 23.7 Å². The molecule has 0 aliphatic heterocycles. The number of nitrogens with zero attached hydrogens (tertiary/aromatic N) is 4. The van der Waals surface area contributed by atoms with Crippen LogP contribution in [-0.4, -0.2) is 25.3 Å². The Morgan fingerprint density at radius 2 is 2.17 bits per heavy atom. The van der Waals surface area contributed by atoms with Gasteiger partial charge in [0.15, 0.2) is 5.65 Å². The predicted octanol–water partition coefficient (Wildman–Crippen LogP) is 1.73. The maximum Gasteiger partial charge on any atom is 0.367 e. The number of amides is 1. The molecule has 0 saturated heterocycles. The van der Waals surface area contributed by atoms with E-state index in [4.69, 9.17) is 11.6 Å². The average molecular weight is 346 g/mol. The van der Waals surface area contributed by atoms with Crippen LogP contribution in [0.3, 0.4) is 0 Å². The van der Waals surface area contributed by atoms with Gasteiger partial charge in [-0.25, -0.2) is 9.48 Å². The Morgan fingerprint density at radius 3 is 2.88 bits per heavy atom. The molecule has 0 fully saturated rings. The van der Waals surface area contributed by atoms with Crippen molar-refractivity contribution in [3.05, 3.63) is 63.2 Å². The summed E-state index contributed by atoms with van der Waals surface area (Å²) >= 11 is 6.01. The van der Waals surface area contributed by atoms with E-state index in [9.17, 15) is 9.59 Å². The molecule has 24 heavy (non-hydrogen) atoms. The van der Waals surface area contributed by atoms with Gasteiger partial charge in [0.25, 0.3) is 0 Å². The highest BCUT2D eigenvalue weighted by molar-refractivity contribution is 6.31. The van der Waals surface area contributed by atoms with Crippen LogP contribution in [0.4, 0.5) is 0 Å². The Bertz CT molecular complexity index is 963. The van der Waals surface area contributed by atoms with E-state index in [0.29, 0.717) is 10.7 Å². The third-order valence-electron chi connectivity index (χ3n) is 3.71. The predicted molar refractivity (Wildman–Crippen MR) is 90.0 cm³/mol. The van der Waals surface area contributed by atoms with Crippen LogP contribution in [0, 0.1) is 6.92 Å². The molecule has 8 heteroatoms. The number of benzene rings is 1. The van der Waals surface area contributed by atoms with Crippen LogP contribution >= 0.6 is 11.6 Å². The number of halogens is 1. The van der Waals surface area contributed by atoms with E-state index in [0.717, 1.165) is 20.3 Å². The molecular formula is C16H16ClN5O2. The molecule has 7 nitrogen and oxygen atoms in total. The molecule has 2 aromatic heterocycles. The van der Waals surface area contributed by atoms with E-state index in [1.54, 1.807) is 18.2 Å². The van der Waals surface area contributed by atoms with Crippen LogP contribution in [0.2, 0.25) is 5.02 Å². The van der Waals surface area contributed by atoms with Crippen LogP contribution in [-0.2, 0) is 11.3 Å². The van der Waals surface area contributed by atoms with Gasteiger partial charge in [0.05, 0.1) is 6.04 Å². The number of hydrogen-bond donors (Lipinski definition) is 1. The summed E-state index contributed by atoms with van der Waals surface area (Å²) < 4.78 is 2.25.